The molecule has 8 heteroatoms. The van der Waals surface area contributed by atoms with Crippen molar-refractivity contribution in [3.8, 4) is 11.4 Å². The quantitative estimate of drug-likeness (QED) is 0.284. The molecule has 7 nitrogen and oxygen atoms in total. The number of carbonyl (C=O) groups is 1. The number of thiocarbonyl (C=S) groups is 1. The molecular formula is C30H28N4O3S. The number of nitrogens with zero attached hydrogens (tertiary/aromatic N) is 3. The van der Waals surface area contributed by atoms with E-state index in [0.29, 0.717) is 11.2 Å². The van der Waals surface area contributed by atoms with Crippen molar-refractivity contribution in [2.24, 2.45) is 0 Å². The molecule has 2 unspecified atom stereocenters. The average Bonchev–Trinajstić information content (AvgIpc) is 3.70. The van der Waals surface area contributed by atoms with Gasteiger partial charge in [-0.05, 0) is 105 Å². The lowest BCUT2D eigenvalue weighted by atomic mass is 10.0. The molecule has 1 aliphatic carbocycles. The van der Waals surface area contributed by atoms with Crippen LogP contribution in [0.5, 0.6) is 5.75 Å². The molecule has 192 valence electrons. The van der Waals surface area contributed by atoms with Gasteiger partial charge in [-0.15, -0.1) is 0 Å². The van der Waals surface area contributed by atoms with Crippen LogP contribution in [0, 0.1) is 0 Å². The molecule has 0 radical (unpaired) electrons. The lowest BCUT2D eigenvalue weighted by Crippen LogP contribution is -2.30. The second kappa shape index (κ2) is 10.3. The Morgan fingerprint density at radius 1 is 0.974 bits per heavy atom. The van der Waals surface area contributed by atoms with E-state index in [0.717, 1.165) is 41.4 Å². The van der Waals surface area contributed by atoms with Crippen LogP contribution in [0.1, 0.15) is 59.5 Å². The first-order valence-corrected chi connectivity index (χ1v) is 13.3. The van der Waals surface area contributed by atoms with Crippen molar-refractivity contribution in [1.82, 2.24) is 14.9 Å². The van der Waals surface area contributed by atoms with Crippen molar-refractivity contribution in [3.63, 3.8) is 0 Å². The summed E-state index contributed by atoms with van der Waals surface area (Å²) < 4.78 is 8.21. The number of ether oxygens (including phenoxy) is 1. The SMILES string of the molecule is O=C(O)c1cccc(-n2cccc2C2C(c3ccccn3)NC(=S)N2c2ccc(OC3CCCC3)cc2)c1. The number of hydrogen-bond donors (Lipinski definition) is 2. The number of hydrogen-bond acceptors (Lipinski definition) is 4. The van der Waals surface area contributed by atoms with Gasteiger partial charge in [-0.25, -0.2) is 4.79 Å². The zero-order valence-corrected chi connectivity index (χ0v) is 21.6. The average molecular weight is 525 g/mol. The molecule has 2 aromatic carbocycles. The van der Waals surface area contributed by atoms with Crippen LogP contribution in [0.25, 0.3) is 5.69 Å². The van der Waals surface area contributed by atoms with Gasteiger partial charge in [0, 0.05) is 29.5 Å². The fourth-order valence-corrected chi connectivity index (χ4v) is 5.82. The third-order valence-electron chi connectivity index (χ3n) is 7.27. The number of carboxylic acid groups (broad SMARTS) is 1. The zero-order chi connectivity index (χ0) is 26.1. The minimum atomic E-state index is -0.961. The van der Waals surface area contributed by atoms with Gasteiger partial charge in [0.1, 0.15) is 11.8 Å². The van der Waals surface area contributed by atoms with E-state index in [1.165, 1.54) is 12.8 Å². The highest BCUT2D eigenvalue weighted by atomic mass is 32.1. The van der Waals surface area contributed by atoms with Gasteiger partial charge < -0.3 is 24.6 Å². The maximum atomic E-state index is 11.7. The molecule has 1 saturated carbocycles. The van der Waals surface area contributed by atoms with Gasteiger partial charge in [0.05, 0.1) is 23.4 Å². The summed E-state index contributed by atoms with van der Waals surface area (Å²) >= 11 is 5.88. The first-order valence-electron chi connectivity index (χ1n) is 12.9. The van der Waals surface area contributed by atoms with E-state index in [1.807, 2.05) is 71.4 Å². The number of nitrogens with one attached hydrogen (secondary N) is 1. The molecule has 3 heterocycles. The van der Waals surface area contributed by atoms with Crippen LogP contribution in [-0.4, -0.2) is 31.8 Å². The summed E-state index contributed by atoms with van der Waals surface area (Å²) in [7, 11) is 0. The Kier molecular flexibility index (Phi) is 6.55. The number of aromatic carboxylic acids is 1. The molecule has 2 fully saturated rings. The van der Waals surface area contributed by atoms with Gasteiger partial charge in [0.15, 0.2) is 5.11 Å². The van der Waals surface area contributed by atoms with Gasteiger partial charge in [-0.2, -0.15) is 0 Å². The molecule has 0 spiro atoms. The number of rotatable bonds is 7. The molecule has 2 N–H and O–H groups in total. The highest BCUT2D eigenvalue weighted by Crippen LogP contribution is 2.42. The molecule has 1 saturated heterocycles. The minimum Gasteiger partial charge on any atom is -0.490 e. The van der Waals surface area contributed by atoms with Crippen LogP contribution < -0.4 is 15.0 Å². The van der Waals surface area contributed by atoms with Gasteiger partial charge in [-0.1, -0.05) is 12.1 Å². The van der Waals surface area contributed by atoms with Crippen molar-refractivity contribution < 1.29 is 14.6 Å². The second-order valence-electron chi connectivity index (χ2n) is 9.67. The summed E-state index contributed by atoms with van der Waals surface area (Å²) in [6, 6.07) is 24.5. The Morgan fingerprint density at radius 2 is 1.79 bits per heavy atom. The van der Waals surface area contributed by atoms with Crippen molar-refractivity contribution in [2.45, 2.75) is 43.9 Å². The summed E-state index contributed by atoms with van der Waals surface area (Å²) in [6.45, 7) is 0. The van der Waals surface area contributed by atoms with Crippen LogP contribution in [0.4, 0.5) is 5.69 Å². The molecule has 4 aromatic rings. The van der Waals surface area contributed by atoms with E-state index in [1.54, 1.807) is 24.4 Å². The van der Waals surface area contributed by atoms with Gasteiger partial charge in [-0.3, -0.25) is 4.98 Å². The fourth-order valence-electron chi connectivity index (χ4n) is 5.48. The number of aromatic nitrogens is 2. The van der Waals surface area contributed by atoms with Gasteiger partial charge in [0.25, 0.3) is 0 Å². The van der Waals surface area contributed by atoms with Crippen molar-refractivity contribution >= 4 is 29.0 Å². The van der Waals surface area contributed by atoms with Crippen molar-refractivity contribution in [1.29, 1.82) is 0 Å². The highest BCUT2D eigenvalue weighted by Gasteiger charge is 2.42. The molecule has 2 aromatic heterocycles. The normalized spacial score (nSPS) is 19.5. The maximum Gasteiger partial charge on any atom is 0.335 e. The van der Waals surface area contributed by atoms with Crippen molar-refractivity contribution in [2.75, 3.05) is 4.90 Å². The number of anilines is 1. The van der Waals surface area contributed by atoms with Crippen LogP contribution in [0.3, 0.4) is 0 Å². The zero-order valence-electron chi connectivity index (χ0n) is 20.7. The van der Waals surface area contributed by atoms with Gasteiger partial charge >= 0.3 is 5.97 Å². The minimum absolute atomic E-state index is 0.213. The Hall–Kier alpha value is -4.17. The van der Waals surface area contributed by atoms with E-state index < -0.39 is 5.97 Å². The van der Waals surface area contributed by atoms with E-state index in [2.05, 4.69) is 15.2 Å². The molecule has 38 heavy (non-hydrogen) atoms. The van der Waals surface area contributed by atoms with E-state index in [-0.39, 0.29) is 17.6 Å². The van der Waals surface area contributed by atoms with Crippen LogP contribution >= 0.6 is 12.2 Å². The largest absolute Gasteiger partial charge is 0.490 e. The summed E-state index contributed by atoms with van der Waals surface area (Å²) in [5, 5.41) is 13.6. The molecular weight excluding hydrogens is 496 g/mol. The standard InChI is InChI=1S/C30H28N4O3S/c35-29(36)20-7-5-8-22(19-20)33-18-6-12-26(33)28-27(25-11-3-4-17-31-25)32-30(38)34(28)21-13-15-24(16-14-21)37-23-9-1-2-10-23/h3-8,11-19,23,27-28H,1-2,9-10H2,(H,32,38)(H,35,36). The van der Waals surface area contributed by atoms with Gasteiger partial charge in [0.2, 0.25) is 0 Å². The monoisotopic (exact) mass is 524 g/mol. The first-order chi connectivity index (χ1) is 18.6. The Bertz CT molecular complexity index is 1450. The topological polar surface area (TPSA) is 79.6 Å². The van der Waals surface area contributed by atoms with Crippen LogP contribution in [0.2, 0.25) is 0 Å². The number of pyridine rings is 1. The summed E-state index contributed by atoms with van der Waals surface area (Å²) in [4.78, 5) is 18.4. The van der Waals surface area contributed by atoms with E-state index in [4.69, 9.17) is 17.0 Å². The fraction of sp³-hybridized carbons (Fsp3) is 0.233. The van der Waals surface area contributed by atoms with Crippen molar-refractivity contribution in [3.05, 3.63) is 108 Å². The number of carboxylic acids is 1. The lowest BCUT2D eigenvalue weighted by Gasteiger charge is -2.29. The third-order valence-corrected chi connectivity index (χ3v) is 7.59. The Labute approximate surface area is 226 Å². The Balaban J connectivity index is 1.40. The molecule has 0 amide bonds. The predicted molar refractivity (Wildman–Crippen MR) is 150 cm³/mol. The van der Waals surface area contributed by atoms with Crippen LogP contribution in [0.15, 0.2) is 91.3 Å². The molecule has 2 atom stereocenters. The highest BCUT2D eigenvalue weighted by molar-refractivity contribution is 7.80. The third kappa shape index (κ3) is 4.63. The van der Waals surface area contributed by atoms with E-state index in [9.17, 15) is 9.90 Å². The smallest absolute Gasteiger partial charge is 0.335 e. The number of benzene rings is 2. The molecule has 1 aliphatic heterocycles. The molecule has 2 aliphatic rings. The Morgan fingerprint density at radius 3 is 2.53 bits per heavy atom. The lowest BCUT2D eigenvalue weighted by molar-refractivity contribution is 0.0697. The summed E-state index contributed by atoms with van der Waals surface area (Å²) in [5.41, 5.74) is 3.77. The summed E-state index contributed by atoms with van der Waals surface area (Å²) in [6.07, 6.45) is 8.69. The molecule has 6 rings (SSSR count). The maximum absolute atomic E-state index is 11.7. The predicted octanol–water partition coefficient (Wildman–Crippen LogP) is 6.07. The van der Waals surface area contributed by atoms with E-state index >= 15 is 0 Å². The first kappa shape index (κ1) is 24.2. The van der Waals surface area contributed by atoms with Crippen LogP contribution in [-0.2, 0) is 0 Å². The summed E-state index contributed by atoms with van der Waals surface area (Å²) in [5.74, 6) is -0.0948. The second-order valence-corrected chi connectivity index (χ2v) is 10.1. The molecule has 0 bridgehead atoms.